The van der Waals surface area contributed by atoms with Crippen LogP contribution in [0.15, 0.2) is 108 Å². The molecule has 0 N–H and O–H groups in total. The molecule has 4 nitrogen and oxygen atoms in total. The van der Waals surface area contributed by atoms with Gasteiger partial charge in [-0.3, -0.25) is 9.79 Å². The van der Waals surface area contributed by atoms with Gasteiger partial charge < -0.3 is 9.47 Å². The highest BCUT2D eigenvalue weighted by atomic mass is 16.5. The van der Waals surface area contributed by atoms with E-state index in [1.807, 2.05) is 78.9 Å². The van der Waals surface area contributed by atoms with Crippen molar-refractivity contribution in [3.8, 4) is 0 Å². The van der Waals surface area contributed by atoms with Gasteiger partial charge in [-0.2, -0.15) is 0 Å². The van der Waals surface area contributed by atoms with Crippen LogP contribution >= 0.6 is 0 Å². The van der Waals surface area contributed by atoms with Gasteiger partial charge in [0.1, 0.15) is 5.41 Å². The fourth-order valence-corrected chi connectivity index (χ4v) is 4.01. The first kappa shape index (κ1) is 21.7. The zero-order chi connectivity index (χ0) is 22.2. The Kier molecular flexibility index (Phi) is 6.93. The SMILES string of the molecule is COC(=O)[C@@]1(COCc2ccccc2)C=C[C@H](N=C(c2ccccc2)c2ccccc2)C1. The normalized spacial score (nSPS) is 19.5. The number of hydrogen-bond acceptors (Lipinski definition) is 4. The lowest BCUT2D eigenvalue weighted by Crippen LogP contribution is -2.35. The molecule has 0 bridgehead atoms. The Labute approximate surface area is 189 Å². The lowest BCUT2D eigenvalue weighted by Gasteiger charge is -2.25. The highest BCUT2D eigenvalue weighted by Crippen LogP contribution is 2.36. The first-order chi connectivity index (χ1) is 15.7. The summed E-state index contributed by atoms with van der Waals surface area (Å²) in [6.45, 7) is 0.698. The second-order valence-corrected chi connectivity index (χ2v) is 7.97. The van der Waals surface area contributed by atoms with Crippen molar-refractivity contribution >= 4 is 11.7 Å². The molecule has 0 amide bonds. The molecule has 162 valence electrons. The molecule has 4 heteroatoms. The summed E-state index contributed by atoms with van der Waals surface area (Å²) in [4.78, 5) is 17.8. The van der Waals surface area contributed by atoms with Crippen LogP contribution in [-0.4, -0.2) is 31.4 Å². The number of carbonyl (C=O) groups excluding carboxylic acids is 1. The summed E-state index contributed by atoms with van der Waals surface area (Å²) in [5.41, 5.74) is 3.23. The monoisotopic (exact) mass is 425 g/mol. The number of rotatable bonds is 8. The van der Waals surface area contributed by atoms with E-state index in [2.05, 4.69) is 24.3 Å². The van der Waals surface area contributed by atoms with Gasteiger partial charge in [-0.25, -0.2) is 0 Å². The third kappa shape index (κ3) is 5.04. The molecule has 4 rings (SSSR count). The van der Waals surface area contributed by atoms with Crippen molar-refractivity contribution in [3.63, 3.8) is 0 Å². The molecule has 0 unspecified atom stereocenters. The minimum atomic E-state index is -0.837. The van der Waals surface area contributed by atoms with Crippen LogP contribution in [0.25, 0.3) is 0 Å². The Hall–Kier alpha value is -3.50. The number of methoxy groups -OCH3 is 1. The Bertz CT molecular complexity index is 1040. The van der Waals surface area contributed by atoms with E-state index < -0.39 is 5.41 Å². The maximum absolute atomic E-state index is 12.7. The highest BCUT2D eigenvalue weighted by Gasteiger charge is 2.43. The van der Waals surface area contributed by atoms with Gasteiger partial charge >= 0.3 is 5.97 Å². The molecular weight excluding hydrogens is 398 g/mol. The molecule has 3 aromatic rings. The lowest BCUT2D eigenvalue weighted by molar-refractivity contribution is -0.153. The molecule has 0 aliphatic heterocycles. The molecule has 1 aliphatic rings. The number of ether oxygens (including phenoxy) is 2. The largest absolute Gasteiger partial charge is 0.468 e. The molecule has 0 heterocycles. The summed E-state index contributed by atoms with van der Waals surface area (Å²) in [5.74, 6) is -0.291. The first-order valence-electron chi connectivity index (χ1n) is 10.8. The smallest absolute Gasteiger partial charge is 0.318 e. The van der Waals surface area contributed by atoms with Crippen molar-refractivity contribution in [2.45, 2.75) is 19.1 Å². The van der Waals surface area contributed by atoms with Crippen molar-refractivity contribution in [2.75, 3.05) is 13.7 Å². The van der Waals surface area contributed by atoms with Crippen molar-refractivity contribution in [1.29, 1.82) is 0 Å². The molecule has 0 radical (unpaired) electrons. The van der Waals surface area contributed by atoms with Crippen LogP contribution in [0.2, 0.25) is 0 Å². The molecule has 3 aromatic carbocycles. The number of aliphatic imine (C=N–C) groups is 1. The van der Waals surface area contributed by atoms with Gasteiger partial charge in [-0.1, -0.05) is 103 Å². The number of nitrogens with zero attached hydrogens (tertiary/aromatic N) is 1. The highest BCUT2D eigenvalue weighted by molar-refractivity contribution is 6.13. The molecule has 0 saturated carbocycles. The van der Waals surface area contributed by atoms with Crippen molar-refractivity contribution < 1.29 is 14.3 Å². The van der Waals surface area contributed by atoms with Crippen LogP contribution < -0.4 is 0 Å². The van der Waals surface area contributed by atoms with Crippen molar-refractivity contribution in [2.24, 2.45) is 10.4 Å². The van der Waals surface area contributed by atoms with E-state index in [0.29, 0.717) is 13.0 Å². The third-order valence-corrected chi connectivity index (χ3v) is 5.66. The Morgan fingerprint density at radius 3 is 2.03 bits per heavy atom. The number of benzene rings is 3. The topological polar surface area (TPSA) is 47.9 Å². The minimum absolute atomic E-state index is 0.148. The number of carbonyl (C=O) groups is 1. The summed E-state index contributed by atoms with van der Waals surface area (Å²) in [7, 11) is 1.42. The molecular formula is C28H27NO3. The average Bonchev–Trinajstić information content (AvgIpc) is 3.28. The summed E-state index contributed by atoms with van der Waals surface area (Å²) in [5, 5.41) is 0. The van der Waals surface area contributed by atoms with E-state index in [9.17, 15) is 4.79 Å². The molecule has 1 aliphatic carbocycles. The van der Waals surface area contributed by atoms with E-state index >= 15 is 0 Å². The quantitative estimate of drug-likeness (QED) is 0.282. The zero-order valence-corrected chi connectivity index (χ0v) is 18.2. The fraction of sp³-hybridized carbons (Fsp3) is 0.214. The number of hydrogen-bond donors (Lipinski definition) is 0. The Morgan fingerprint density at radius 2 is 1.47 bits per heavy atom. The predicted molar refractivity (Wildman–Crippen MR) is 127 cm³/mol. The zero-order valence-electron chi connectivity index (χ0n) is 18.2. The molecule has 32 heavy (non-hydrogen) atoms. The van der Waals surface area contributed by atoms with Gasteiger partial charge in [0, 0.05) is 11.1 Å². The van der Waals surface area contributed by atoms with Gasteiger partial charge in [0.2, 0.25) is 0 Å². The molecule has 0 fully saturated rings. The van der Waals surface area contributed by atoms with E-state index in [-0.39, 0.29) is 18.6 Å². The Morgan fingerprint density at radius 1 is 0.906 bits per heavy atom. The van der Waals surface area contributed by atoms with Crippen LogP contribution in [0.5, 0.6) is 0 Å². The van der Waals surface area contributed by atoms with Crippen LogP contribution in [0.3, 0.4) is 0 Å². The summed E-state index contributed by atoms with van der Waals surface area (Å²) >= 11 is 0. The summed E-state index contributed by atoms with van der Waals surface area (Å²) < 4.78 is 11.1. The first-order valence-corrected chi connectivity index (χ1v) is 10.8. The van der Waals surface area contributed by atoms with E-state index in [0.717, 1.165) is 22.4 Å². The Balaban J connectivity index is 1.55. The average molecular weight is 426 g/mol. The van der Waals surface area contributed by atoms with Crippen LogP contribution in [0.4, 0.5) is 0 Å². The van der Waals surface area contributed by atoms with Crippen molar-refractivity contribution in [1.82, 2.24) is 0 Å². The van der Waals surface area contributed by atoms with E-state index in [1.165, 1.54) is 7.11 Å². The predicted octanol–water partition coefficient (Wildman–Crippen LogP) is 5.23. The van der Waals surface area contributed by atoms with Crippen molar-refractivity contribution in [3.05, 3.63) is 120 Å². The molecule has 0 spiro atoms. The summed E-state index contributed by atoms with van der Waals surface area (Å²) in [6, 6.07) is 30.0. The van der Waals surface area contributed by atoms with Gasteiger partial charge in [-0.15, -0.1) is 0 Å². The van der Waals surface area contributed by atoms with E-state index in [4.69, 9.17) is 14.5 Å². The van der Waals surface area contributed by atoms with Gasteiger partial charge in [-0.05, 0) is 12.0 Å². The lowest BCUT2D eigenvalue weighted by atomic mass is 9.87. The third-order valence-electron chi connectivity index (χ3n) is 5.66. The maximum atomic E-state index is 12.7. The van der Waals surface area contributed by atoms with Crippen LogP contribution in [0, 0.1) is 5.41 Å². The minimum Gasteiger partial charge on any atom is -0.468 e. The second-order valence-electron chi connectivity index (χ2n) is 7.97. The van der Waals surface area contributed by atoms with Gasteiger partial charge in [0.25, 0.3) is 0 Å². The fourth-order valence-electron chi connectivity index (χ4n) is 4.01. The van der Waals surface area contributed by atoms with Crippen LogP contribution in [-0.2, 0) is 20.9 Å². The number of esters is 1. The molecule has 0 aromatic heterocycles. The van der Waals surface area contributed by atoms with Gasteiger partial charge in [0.15, 0.2) is 0 Å². The standard InChI is InChI=1S/C28H27NO3/c1-31-27(30)28(21-32-20-22-11-5-2-6-12-22)18-17-25(19-28)29-26(23-13-7-3-8-14-23)24-15-9-4-10-16-24/h2-18,25H,19-21H2,1H3/t25-,28-/m0/s1. The summed E-state index contributed by atoms with van der Waals surface area (Å²) in [6.07, 6.45) is 4.41. The molecule has 0 saturated heterocycles. The maximum Gasteiger partial charge on any atom is 0.318 e. The molecule has 2 atom stereocenters. The van der Waals surface area contributed by atoms with Gasteiger partial charge in [0.05, 0.1) is 32.1 Å². The second kappa shape index (κ2) is 10.2. The van der Waals surface area contributed by atoms with E-state index in [1.54, 1.807) is 0 Å². The van der Waals surface area contributed by atoms with Crippen LogP contribution in [0.1, 0.15) is 23.1 Å².